The molecule has 0 radical (unpaired) electrons. The standard InChI is InChI=1S/C10H19NO/c1-7(2)11-8-4-5-9(11)10(3,12)6-8/h7-9,12H,4-6H2,1-3H3. The maximum atomic E-state index is 10.1. The second-order valence-corrected chi connectivity index (χ2v) is 4.85. The minimum Gasteiger partial charge on any atom is -0.388 e. The van der Waals surface area contributed by atoms with Crippen molar-refractivity contribution in [1.29, 1.82) is 0 Å². The lowest BCUT2D eigenvalue weighted by atomic mass is 9.86. The van der Waals surface area contributed by atoms with Gasteiger partial charge in [-0.3, -0.25) is 4.90 Å². The van der Waals surface area contributed by atoms with Crippen LogP contribution in [-0.4, -0.2) is 33.7 Å². The van der Waals surface area contributed by atoms with E-state index in [1.165, 1.54) is 12.8 Å². The number of fused-ring (bicyclic) bond motifs is 2. The minimum absolute atomic E-state index is 0.410. The van der Waals surface area contributed by atoms with Crippen LogP contribution in [0, 0.1) is 0 Å². The van der Waals surface area contributed by atoms with Crippen LogP contribution in [0.3, 0.4) is 0 Å². The largest absolute Gasteiger partial charge is 0.388 e. The van der Waals surface area contributed by atoms with Crippen molar-refractivity contribution in [2.75, 3.05) is 0 Å². The van der Waals surface area contributed by atoms with E-state index in [0.717, 1.165) is 6.42 Å². The SMILES string of the molecule is CC(C)N1C2CCC1C(C)(O)C2. The van der Waals surface area contributed by atoms with E-state index in [1.807, 2.05) is 6.92 Å². The zero-order valence-corrected chi connectivity index (χ0v) is 8.25. The molecule has 0 saturated carbocycles. The van der Waals surface area contributed by atoms with Crippen LogP contribution >= 0.6 is 0 Å². The third kappa shape index (κ3) is 1.01. The van der Waals surface area contributed by atoms with Crippen molar-refractivity contribution >= 4 is 0 Å². The summed E-state index contributed by atoms with van der Waals surface area (Å²) >= 11 is 0. The first kappa shape index (κ1) is 8.52. The predicted molar refractivity (Wildman–Crippen MR) is 49.0 cm³/mol. The van der Waals surface area contributed by atoms with Gasteiger partial charge in [-0.2, -0.15) is 0 Å². The Morgan fingerprint density at radius 3 is 2.33 bits per heavy atom. The highest BCUT2D eigenvalue weighted by molar-refractivity contribution is 5.08. The summed E-state index contributed by atoms with van der Waals surface area (Å²) in [4.78, 5) is 2.50. The molecular weight excluding hydrogens is 150 g/mol. The molecule has 3 unspecified atom stereocenters. The molecule has 0 amide bonds. The van der Waals surface area contributed by atoms with Crippen molar-refractivity contribution in [2.24, 2.45) is 0 Å². The van der Waals surface area contributed by atoms with E-state index >= 15 is 0 Å². The summed E-state index contributed by atoms with van der Waals surface area (Å²) in [5, 5.41) is 10.1. The molecule has 2 heteroatoms. The topological polar surface area (TPSA) is 23.5 Å². The fraction of sp³-hybridized carbons (Fsp3) is 1.00. The van der Waals surface area contributed by atoms with Crippen molar-refractivity contribution in [1.82, 2.24) is 4.90 Å². The highest BCUT2D eigenvalue weighted by Crippen LogP contribution is 2.44. The number of hydrogen-bond acceptors (Lipinski definition) is 2. The van der Waals surface area contributed by atoms with Crippen LogP contribution in [0.4, 0.5) is 0 Å². The monoisotopic (exact) mass is 169 g/mol. The fourth-order valence-corrected chi connectivity index (χ4v) is 3.14. The summed E-state index contributed by atoms with van der Waals surface area (Å²) in [5.41, 5.74) is -0.410. The highest BCUT2D eigenvalue weighted by Gasteiger charge is 2.52. The lowest BCUT2D eigenvalue weighted by Gasteiger charge is -2.30. The molecule has 12 heavy (non-hydrogen) atoms. The fourth-order valence-electron chi connectivity index (χ4n) is 3.14. The van der Waals surface area contributed by atoms with Crippen LogP contribution in [0.5, 0.6) is 0 Å². The third-order valence-electron chi connectivity index (χ3n) is 3.52. The van der Waals surface area contributed by atoms with Crippen LogP contribution < -0.4 is 0 Å². The summed E-state index contributed by atoms with van der Waals surface area (Å²) in [5.74, 6) is 0. The van der Waals surface area contributed by atoms with Gasteiger partial charge >= 0.3 is 0 Å². The molecule has 2 aliphatic rings. The van der Waals surface area contributed by atoms with Gasteiger partial charge in [-0.15, -0.1) is 0 Å². The van der Waals surface area contributed by atoms with E-state index in [0.29, 0.717) is 18.1 Å². The molecule has 70 valence electrons. The van der Waals surface area contributed by atoms with Gasteiger partial charge in [-0.1, -0.05) is 0 Å². The number of rotatable bonds is 1. The Bertz CT molecular complexity index is 188. The summed E-state index contributed by atoms with van der Waals surface area (Å²) in [6, 6.07) is 1.68. The highest BCUT2D eigenvalue weighted by atomic mass is 16.3. The normalized spacial score (nSPS) is 47.8. The molecule has 0 aromatic carbocycles. The quantitative estimate of drug-likeness (QED) is 0.641. The first-order chi connectivity index (χ1) is 5.52. The van der Waals surface area contributed by atoms with Gasteiger partial charge in [0.15, 0.2) is 0 Å². The molecule has 2 aliphatic heterocycles. The maximum absolute atomic E-state index is 10.1. The number of aliphatic hydroxyl groups is 1. The van der Waals surface area contributed by atoms with Gasteiger partial charge in [0.2, 0.25) is 0 Å². The van der Waals surface area contributed by atoms with Gasteiger partial charge < -0.3 is 5.11 Å². The Hall–Kier alpha value is -0.0800. The molecule has 1 N–H and O–H groups in total. The van der Waals surface area contributed by atoms with Crippen LogP contribution in [0.15, 0.2) is 0 Å². The summed E-state index contributed by atoms with van der Waals surface area (Å²) in [7, 11) is 0. The van der Waals surface area contributed by atoms with Crippen molar-refractivity contribution < 1.29 is 5.11 Å². The predicted octanol–water partition coefficient (Wildman–Crippen LogP) is 1.38. The first-order valence-corrected chi connectivity index (χ1v) is 5.02. The molecule has 0 aromatic rings. The van der Waals surface area contributed by atoms with E-state index in [2.05, 4.69) is 18.7 Å². The van der Waals surface area contributed by atoms with E-state index < -0.39 is 5.60 Å². The zero-order valence-electron chi connectivity index (χ0n) is 8.25. The van der Waals surface area contributed by atoms with E-state index in [4.69, 9.17) is 0 Å². The van der Waals surface area contributed by atoms with Gasteiger partial charge in [0.05, 0.1) is 5.60 Å². The van der Waals surface area contributed by atoms with Gasteiger partial charge in [0, 0.05) is 18.1 Å². The Morgan fingerprint density at radius 2 is 2.08 bits per heavy atom. The van der Waals surface area contributed by atoms with Gasteiger partial charge in [-0.25, -0.2) is 0 Å². The van der Waals surface area contributed by atoms with Crippen LogP contribution in [0.25, 0.3) is 0 Å². The average Bonchev–Trinajstić information content (AvgIpc) is 2.38. The van der Waals surface area contributed by atoms with E-state index in [-0.39, 0.29) is 0 Å². The average molecular weight is 169 g/mol. The Morgan fingerprint density at radius 1 is 1.42 bits per heavy atom. The molecule has 0 aliphatic carbocycles. The Balaban J connectivity index is 2.20. The van der Waals surface area contributed by atoms with E-state index in [9.17, 15) is 5.11 Å². The second kappa shape index (κ2) is 2.46. The summed E-state index contributed by atoms with van der Waals surface area (Å²) < 4.78 is 0. The third-order valence-corrected chi connectivity index (χ3v) is 3.52. The van der Waals surface area contributed by atoms with Crippen LogP contribution in [0.2, 0.25) is 0 Å². The van der Waals surface area contributed by atoms with Crippen LogP contribution in [-0.2, 0) is 0 Å². The molecule has 0 spiro atoms. The minimum atomic E-state index is -0.410. The molecule has 2 saturated heterocycles. The van der Waals surface area contributed by atoms with Crippen molar-refractivity contribution in [3.8, 4) is 0 Å². The number of nitrogens with zero attached hydrogens (tertiary/aromatic N) is 1. The van der Waals surface area contributed by atoms with Crippen LogP contribution in [0.1, 0.15) is 40.0 Å². The smallest absolute Gasteiger partial charge is 0.0789 e. The molecule has 2 heterocycles. The molecule has 2 fully saturated rings. The van der Waals surface area contributed by atoms with Crippen molar-refractivity contribution in [3.05, 3.63) is 0 Å². The van der Waals surface area contributed by atoms with Gasteiger partial charge in [0.1, 0.15) is 0 Å². The van der Waals surface area contributed by atoms with Crippen molar-refractivity contribution in [3.63, 3.8) is 0 Å². The molecule has 2 rings (SSSR count). The number of hydrogen-bond donors (Lipinski definition) is 1. The lowest BCUT2D eigenvalue weighted by molar-refractivity contribution is 0.0147. The van der Waals surface area contributed by atoms with E-state index in [1.54, 1.807) is 0 Å². The molecule has 2 bridgehead atoms. The molecular formula is C10H19NO. The summed E-state index contributed by atoms with van der Waals surface area (Å²) in [6.45, 7) is 6.45. The second-order valence-electron chi connectivity index (χ2n) is 4.85. The molecule has 0 aromatic heterocycles. The lowest BCUT2D eigenvalue weighted by Crippen LogP contribution is -2.43. The summed E-state index contributed by atoms with van der Waals surface area (Å²) in [6.07, 6.45) is 3.46. The van der Waals surface area contributed by atoms with Gasteiger partial charge in [-0.05, 0) is 40.0 Å². The molecule has 3 atom stereocenters. The van der Waals surface area contributed by atoms with Gasteiger partial charge in [0.25, 0.3) is 0 Å². The Labute approximate surface area is 74.6 Å². The maximum Gasteiger partial charge on any atom is 0.0789 e. The Kier molecular flexibility index (Phi) is 1.74. The first-order valence-electron chi connectivity index (χ1n) is 5.02. The molecule has 2 nitrogen and oxygen atoms in total. The zero-order chi connectivity index (χ0) is 8.93. The van der Waals surface area contributed by atoms with Crippen molar-refractivity contribution in [2.45, 2.75) is 63.8 Å².